The van der Waals surface area contributed by atoms with Crippen molar-refractivity contribution < 1.29 is 14.9 Å². The Morgan fingerprint density at radius 1 is 1.00 bits per heavy atom. The molecule has 7 heteroatoms. The third kappa shape index (κ3) is 4.98. The number of aromatic hydroxyl groups is 1. The van der Waals surface area contributed by atoms with Crippen LogP contribution in [0.15, 0.2) is 48.7 Å². The van der Waals surface area contributed by atoms with Gasteiger partial charge in [-0.15, -0.1) is 0 Å². The first-order valence-electron chi connectivity index (χ1n) is 9.78. The van der Waals surface area contributed by atoms with E-state index in [0.29, 0.717) is 23.1 Å². The molecule has 1 aliphatic heterocycles. The van der Waals surface area contributed by atoms with Gasteiger partial charge in [-0.3, -0.25) is 0 Å². The molecule has 0 bridgehead atoms. The standard InChI is InChI=1S/C22H24Cl2N2O3/c23-20-3-2-19(12-21(20)24)29-18-6-8-25(9-7-18)13-17(28)14-26-10-5-15-11-16(27)1-4-22(15)26/h1-5,10-12,17-18,27-28H,6-9,13-14H2/t17-/m1/s1. The van der Waals surface area contributed by atoms with Crippen molar-refractivity contribution >= 4 is 34.1 Å². The number of likely N-dealkylation sites (tertiary alicyclic amines) is 1. The maximum atomic E-state index is 10.6. The normalized spacial score (nSPS) is 16.9. The van der Waals surface area contributed by atoms with Crippen LogP contribution in [0.4, 0.5) is 0 Å². The highest BCUT2D eigenvalue weighted by Crippen LogP contribution is 2.28. The fourth-order valence-corrected chi connectivity index (χ4v) is 4.17. The molecule has 0 amide bonds. The van der Waals surface area contributed by atoms with Gasteiger partial charge in [0, 0.05) is 49.3 Å². The molecule has 1 aliphatic rings. The predicted molar refractivity (Wildman–Crippen MR) is 116 cm³/mol. The molecule has 0 saturated carbocycles. The van der Waals surface area contributed by atoms with Crippen molar-refractivity contribution in [3.05, 3.63) is 58.7 Å². The Morgan fingerprint density at radius 2 is 1.79 bits per heavy atom. The number of nitrogens with zero attached hydrogens (tertiary/aromatic N) is 2. The fraction of sp³-hybridized carbons (Fsp3) is 0.364. The maximum absolute atomic E-state index is 10.6. The van der Waals surface area contributed by atoms with E-state index in [0.717, 1.165) is 42.6 Å². The molecule has 3 aromatic rings. The van der Waals surface area contributed by atoms with Gasteiger partial charge in [-0.05, 0) is 49.2 Å². The van der Waals surface area contributed by atoms with Crippen molar-refractivity contribution in [2.24, 2.45) is 0 Å². The van der Waals surface area contributed by atoms with Gasteiger partial charge in [-0.2, -0.15) is 0 Å². The Kier molecular flexibility index (Phi) is 6.20. The Morgan fingerprint density at radius 3 is 2.55 bits per heavy atom. The Bertz CT molecular complexity index is 983. The molecule has 154 valence electrons. The van der Waals surface area contributed by atoms with Crippen molar-refractivity contribution in [2.75, 3.05) is 19.6 Å². The molecule has 0 spiro atoms. The number of piperidine rings is 1. The first kappa shape index (κ1) is 20.4. The van der Waals surface area contributed by atoms with Gasteiger partial charge in [0.1, 0.15) is 17.6 Å². The Hall–Kier alpha value is -1.92. The van der Waals surface area contributed by atoms with Crippen LogP contribution in [-0.2, 0) is 6.54 Å². The summed E-state index contributed by atoms with van der Waals surface area (Å²) in [6.07, 6.45) is 3.43. The average Bonchev–Trinajstić information content (AvgIpc) is 3.08. The zero-order chi connectivity index (χ0) is 20.4. The van der Waals surface area contributed by atoms with Gasteiger partial charge in [-0.25, -0.2) is 0 Å². The second kappa shape index (κ2) is 8.84. The monoisotopic (exact) mass is 434 g/mol. The smallest absolute Gasteiger partial charge is 0.121 e. The Balaban J connectivity index is 1.27. The van der Waals surface area contributed by atoms with Crippen molar-refractivity contribution in [3.63, 3.8) is 0 Å². The highest BCUT2D eigenvalue weighted by molar-refractivity contribution is 6.42. The molecular formula is C22H24Cl2N2O3. The van der Waals surface area contributed by atoms with Gasteiger partial charge in [0.05, 0.1) is 16.1 Å². The predicted octanol–water partition coefficient (Wildman–Crippen LogP) is 4.56. The number of hydrogen-bond donors (Lipinski definition) is 2. The minimum atomic E-state index is -0.466. The van der Waals surface area contributed by atoms with E-state index >= 15 is 0 Å². The van der Waals surface area contributed by atoms with Gasteiger partial charge < -0.3 is 24.4 Å². The molecule has 2 heterocycles. The maximum Gasteiger partial charge on any atom is 0.121 e. The van der Waals surface area contributed by atoms with E-state index < -0.39 is 6.10 Å². The number of ether oxygens (including phenoxy) is 1. The number of aliphatic hydroxyl groups is 1. The molecule has 2 N–H and O–H groups in total. The molecule has 1 aromatic heterocycles. The highest BCUT2D eigenvalue weighted by atomic mass is 35.5. The Labute approximate surface area is 180 Å². The zero-order valence-corrected chi connectivity index (χ0v) is 17.5. The van der Waals surface area contributed by atoms with Crippen molar-refractivity contribution in [1.82, 2.24) is 9.47 Å². The quantitative estimate of drug-likeness (QED) is 0.596. The van der Waals surface area contributed by atoms with E-state index in [1.54, 1.807) is 24.3 Å². The van der Waals surface area contributed by atoms with Crippen molar-refractivity contribution in [3.8, 4) is 11.5 Å². The molecule has 5 nitrogen and oxygen atoms in total. The molecule has 4 rings (SSSR count). The lowest BCUT2D eigenvalue weighted by Crippen LogP contribution is -2.42. The van der Waals surface area contributed by atoms with Crippen LogP contribution in [0.2, 0.25) is 10.0 Å². The number of aromatic nitrogens is 1. The summed E-state index contributed by atoms with van der Waals surface area (Å²) in [5.74, 6) is 0.991. The van der Waals surface area contributed by atoms with Crippen LogP contribution in [0, 0.1) is 0 Å². The highest BCUT2D eigenvalue weighted by Gasteiger charge is 2.22. The molecular weight excluding hydrogens is 411 g/mol. The fourth-order valence-electron chi connectivity index (χ4n) is 3.88. The molecule has 1 atom stereocenters. The third-order valence-corrected chi connectivity index (χ3v) is 6.10. The number of hydrogen-bond acceptors (Lipinski definition) is 4. The number of benzene rings is 2. The van der Waals surface area contributed by atoms with Gasteiger partial charge in [0.15, 0.2) is 0 Å². The SMILES string of the molecule is Oc1ccc2c(ccn2C[C@H](O)CN2CCC(Oc3ccc(Cl)c(Cl)c3)CC2)c1. The van der Waals surface area contributed by atoms with Crippen LogP contribution in [0.3, 0.4) is 0 Å². The molecule has 29 heavy (non-hydrogen) atoms. The number of aliphatic hydroxyl groups excluding tert-OH is 1. The van der Waals surface area contributed by atoms with Crippen LogP contribution in [-0.4, -0.2) is 51.5 Å². The number of rotatable bonds is 6. The molecule has 0 aliphatic carbocycles. The lowest BCUT2D eigenvalue weighted by molar-refractivity contribution is 0.0553. The molecule has 0 radical (unpaired) electrons. The summed E-state index contributed by atoms with van der Waals surface area (Å²) < 4.78 is 8.06. The van der Waals surface area contributed by atoms with Crippen LogP contribution < -0.4 is 4.74 Å². The lowest BCUT2D eigenvalue weighted by Gasteiger charge is -2.33. The largest absolute Gasteiger partial charge is 0.508 e. The van der Waals surface area contributed by atoms with Gasteiger partial charge in [-0.1, -0.05) is 23.2 Å². The van der Waals surface area contributed by atoms with Gasteiger partial charge >= 0.3 is 0 Å². The topological polar surface area (TPSA) is 57.9 Å². The second-order valence-electron chi connectivity index (χ2n) is 7.56. The molecule has 2 aromatic carbocycles. The summed E-state index contributed by atoms with van der Waals surface area (Å²) >= 11 is 12.0. The molecule has 1 fully saturated rings. The summed E-state index contributed by atoms with van der Waals surface area (Å²) in [5, 5.41) is 22.2. The number of phenolic OH excluding ortho intramolecular Hbond substituents is 1. The molecule has 1 saturated heterocycles. The number of β-amino-alcohol motifs (C(OH)–C–C–N with tert-alkyl or cyclic N) is 1. The second-order valence-corrected chi connectivity index (χ2v) is 8.37. The van der Waals surface area contributed by atoms with Gasteiger partial charge in [0.25, 0.3) is 0 Å². The van der Waals surface area contributed by atoms with Crippen LogP contribution >= 0.6 is 23.2 Å². The first-order valence-corrected chi connectivity index (χ1v) is 10.5. The van der Waals surface area contributed by atoms with E-state index in [2.05, 4.69) is 4.90 Å². The number of halogens is 2. The number of phenols is 1. The zero-order valence-electron chi connectivity index (χ0n) is 16.0. The van der Waals surface area contributed by atoms with Crippen molar-refractivity contribution in [2.45, 2.75) is 31.6 Å². The first-order chi connectivity index (χ1) is 14.0. The van der Waals surface area contributed by atoms with Crippen molar-refractivity contribution in [1.29, 1.82) is 0 Å². The summed E-state index contributed by atoms with van der Waals surface area (Å²) in [7, 11) is 0. The summed E-state index contributed by atoms with van der Waals surface area (Å²) in [4.78, 5) is 2.27. The van der Waals surface area contributed by atoms with E-state index in [1.807, 2.05) is 29.0 Å². The van der Waals surface area contributed by atoms with E-state index in [1.165, 1.54) is 0 Å². The summed E-state index contributed by atoms with van der Waals surface area (Å²) in [6, 6.07) is 12.6. The summed E-state index contributed by atoms with van der Waals surface area (Å²) in [5.41, 5.74) is 1.01. The van der Waals surface area contributed by atoms with Crippen LogP contribution in [0.25, 0.3) is 10.9 Å². The van der Waals surface area contributed by atoms with E-state index in [4.69, 9.17) is 27.9 Å². The third-order valence-electron chi connectivity index (χ3n) is 5.36. The lowest BCUT2D eigenvalue weighted by atomic mass is 10.1. The minimum absolute atomic E-state index is 0.140. The van der Waals surface area contributed by atoms with Crippen LogP contribution in [0.5, 0.6) is 11.5 Å². The van der Waals surface area contributed by atoms with Crippen LogP contribution in [0.1, 0.15) is 12.8 Å². The average molecular weight is 435 g/mol. The van der Waals surface area contributed by atoms with E-state index in [9.17, 15) is 10.2 Å². The van der Waals surface area contributed by atoms with E-state index in [-0.39, 0.29) is 11.9 Å². The minimum Gasteiger partial charge on any atom is -0.508 e. The number of fused-ring (bicyclic) bond motifs is 1. The molecule has 0 unspecified atom stereocenters. The van der Waals surface area contributed by atoms with Gasteiger partial charge in [0.2, 0.25) is 0 Å². The summed E-state index contributed by atoms with van der Waals surface area (Å²) in [6.45, 7) is 2.90.